The zero-order valence-corrected chi connectivity index (χ0v) is 16.2. The van der Waals surface area contributed by atoms with Crippen molar-refractivity contribution in [3.05, 3.63) is 59.8 Å². The van der Waals surface area contributed by atoms with E-state index in [2.05, 4.69) is 49.7 Å². The Morgan fingerprint density at radius 2 is 1.72 bits per heavy atom. The highest BCUT2D eigenvalue weighted by Gasteiger charge is 2.15. The number of ether oxygens (including phenoxy) is 2. The van der Waals surface area contributed by atoms with E-state index in [0.29, 0.717) is 12.5 Å². The fourth-order valence-electron chi connectivity index (χ4n) is 3.72. The minimum atomic E-state index is 0.254. The van der Waals surface area contributed by atoms with E-state index in [0.717, 1.165) is 29.3 Å². The number of fused-ring (bicyclic) bond motifs is 1. The van der Waals surface area contributed by atoms with Gasteiger partial charge in [-0.25, -0.2) is 4.98 Å². The molecule has 1 saturated heterocycles. The fraction of sp³-hybridized carbons (Fsp3) is 0.318. The van der Waals surface area contributed by atoms with Crippen molar-refractivity contribution in [3.63, 3.8) is 0 Å². The van der Waals surface area contributed by atoms with Gasteiger partial charge in [-0.2, -0.15) is 5.10 Å². The summed E-state index contributed by atoms with van der Waals surface area (Å²) in [4.78, 5) is 7.09. The largest absolute Gasteiger partial charge is 0.454 e. The van der Waals surface area contributed by atoms with Gasteiger partial charge in [-0.3, -0.25) is 4.90 Å². The van der Waals surface area contributed by atoms with Gasteiger partial charge in [-0.15, -0.1) is 5.10 Å². The van der Waals surface area contributed by atoms with Crippen LogP contribution in [0.25, 0.3) is 11.3 Å². The maximum atomic E-state index is 5.44. The van der Waals surface area contributed by atoms with Gasteiger partial charge in [0.25, 0.3) is 0 Å². The first-order valence-electron chi connectivity index (χ1n) is 9.97. The summed E-state index contributed by atoms with van der Waals surface area (Å²) in [6.45, 7) is 4.37. The van der Waals surface area contributed by atoms with Gasteiger partial charge < -0.3 is 14.8 Å². The van der Waals surface area contributed by atoms with Crippen LogP contribution in [0.1, 0.15) is 24.0 Å². The number of nitrogens with one attached hydrogen (secondary N) is 1. The zero-order chi connectivity index (χ0) is 19.5. The molecule has 1 aromatic heterocycles. The van der Waals surface area contributed by atoms with Crippen molar-refractivity contribution in [2.24, 2.45) is 0 Å². The molecule has 2 aromatic carbocycles. The van der Waals surface area contributed by atoms with Gasteiger partial charge in [0.2, 0.25) is 12.7 Å². The Hall–Kier alpha value is -3.19. The van der Waals surface area contributed by atoms with Crippen molar-refractivity contribution in [2.45, 2.75) is 25.9 Å². The predicted octanol–water partition coefficient (Wildman–Crippen LogP) is 3.48. The van der Waals surface area contributed by atoms with E-state index in [4.69, 9.17) is 9.47 Å². The Balaban J connectivity index is 1.22. The topological polar surface area (TPSA) is 72.4 Å². The number of benzene rings is 2. The molecule has 0 amide bonds. The third kappa shape index (κ3) is 4.14. The van der Waals surface area contributed by atoms with Crippen molar-refractivity contribution >= 4 is 5.95 Å². The molecular formula is C22H23N5O2. The first kappa shape index (κ1) is 17.9. The Kier molecular flexibility index (Phi) is 4.96. The second kappa shape index (κ2) is 8.05. The van der Waals surface area contributed by atoms with Crippen LogP contribution in [-0.4, -0.2) is 40.0 Å². The summed E-state index contributed by atoms with van der Waals surface area (Å²) in [7, 11) is 0. The summed E-state index contributed by atoms with van der Waals surface area (Å²) in [6.07, 6.45) is 4.29. The molecular weight excluding hydrogens is 366 g/mol. The van der Waals surface area contributed by atoms with Crippen molar-refractivity contribution in [1.29, 1.82) is 0 Å². The molecule has 5 rings (SSSR count). The van der Waals surface area contributed by atoms with Crippen LogP contribution in [0.3, 0.4) is 0 Å². The molecule has 1 N–H and O–H groups in total. The molecule has 0 spiro atoms. The average Bonchev–Trinajstić information content (AvgIpc) is 3.45. The van der Waals surface area contributed by atoms with Crippen LogP contribution in [0.4, 0.5) is 5.95 Å². The quantitative estimate of drug-likeness (QED) is 0.692. The molecule has 7 nitrogen and oxygen atoms in total. The summed E-state index contributed by atoms with van der Waals surface area (Å²) >= 11 is 0. The Bertz CT molecular complexity index is 987. The third-order valence-electron chi connectivity index (χ3n) is 5.31. The SMILES string of the molecule is c1cc(CN2CCCC2)ccc1CNc1nncc(-c2ccc3c(c2)OCO3)n1. The highest BCUT2D eigenvalue weighted by Crippen LogP contribution is 2.35. The zero-order valence-electron chi connectivity index (χ0n) is 16.2. The molecule has 7 heteroatoms. The first-order valence-corrected chi connectivity index (χ1v) is 9.97. The van der Waals surface area contributed by atoms with Crippen molar-refractivity contribution < 1.29 is 9.47 Å². The normalized spacial score (nSPS) is 15.6. The van der Waals surface area contributed by atoms with Crippen molar-refractivity contribution in [3.8, 4) is 22.8 Å². The molecule has 0 aliphatic carbocycles. The van der Waals surface area contributed by atoms with E-state index in [1.54, 1.807) is 6.20 Å². The lowest BCUT2D eigenvalue weighted by Crippen LogP contribution is -2.18. The summed E-state index contributed by atoms with van der Waals surface area (Å²) in [5.74, 6) is 1.98. The molecule has 3 heterocycles. The van der Waals surface area contributed by atoms with E-state index in [1.807, 2.05) is 18.2 Å². The first-order chi connectivity index (χ1) is 14.3. The van der Waals surface area contributed by atoms with Gasteiger partial charge in [0.05, 0.1) is 11.9 Å². The van der Waals surface area contributed by atoms with Crippen LogP contribution >= 0.6 is 0 Å². The van der Waals surface area contributed by atoms with Gasteiger partial charge in [0.1, 0.15) is 0 Å². The molecule has 0 bridgehead atoms. The molecule has 3 aromatic rings. The van der Waals surface area contributed by atoms with Gasteiger partial charge in [0.15, 0.2) is 11.5 Å². The fourth-order valence-corrected chi connectivity index (χ4v) is 3.72. The highest BCUT2D eigenvalue weighted by molar-refractivity contribution is 5.64. The Labute approximate surface area is 169 Å². The van der Waals surface area contributed by atoms with Gasteiger partial charge in [0, 0.05) is 18.7 Å². The third-order valence-corrected chi connectivity index (χ3v) is 5.31. The highest BCUT2D eigenvalue weighted by atomic mass is 16.7. The number of aromatic nitrogens is 3. The smallest absolute Gasteiger partial charge is 0.243 e. The van der Waals surface area contributed by atoms with Crippen LogP contribution in [0.2, 0.25) is 0 Å². The van der Waals surface area contributed by atoms with E-state index in [-0.39, 0.29) is 6.79 Å². The number of likely N-dealkylation sites (tertiary alicyclic amines) is 1. The van der Waals surface area contributed by atoms with Crippen LogP contribution < -0.4 is 14.8 Å². The van der Waals surface area contributed by atoms with Crippen LogP contribution in [-0.2, 0) is 13.1 Å². The summed E-state index contributed by atoms with van der Waals surface area (Å²) in [6, 6.07) is 14.5. The lowest BCUT2D eigenvalue weighted by Gasteiger charge is -2.14. The standard InChI is InChI=1S/C22H23N5O2/c1-2-10-27(9-1)14-17-5-3-16(4-6-17)12-23-22-25-19(13-24-26-22)18-7-8-20-21(11-18)29-15-28-20/h3-8,11,13H,1-2,9-10,12,14-15H2,(H,23,25,26). The molecule has 2 aliphatic heterocycles. The van der Waals surface area contributed by atoms with Gasteiger partial charge in [-0.1, -0.05) is 24.3 Å². The number of anilines is 1. The Morgan fingerprint density at radius 1 is 0.931 bits per heavy atom. The van der Waals surface area contributed by atoms with E-state index < -0.39 is 0 Å². The van der Waals surface area contributed by atoms with E-state index in [1.165, 1.54) is 37.1 Å². The number of hydrogen-bond acceptors (Lipinski definition) is 7. The maximum absolute atomic E-state index is 5.44. The summed E-state index contributed by atoms with van der Waals surface area (Å²) in [5, 5.41) is 11.5. The molecule has 1 fully saturated rings. The molecule has 0 unspecified atom stereocenters. The van der Waals surface area contributed by atoms with E-state index >= 15 is 0 Å². The second-order valence-corrected chi connectivity index (χ2v) is 7.39. The van der Waals surface area contributed by atoms with Crippen molar-refractivity contribution in [2.75, 3.05) is 25.2 Å². The minimum absolute atomic E-state index is 0.254. The average molecular weight is 389 g/mol. The second-order valence-electron chi connectivity index (χ2n) is 7.39. The van der Waals surface area contributed by atoms with Crippen LogP contribution in [0.5, 0.6) is 11.5 Å². The minimum Gasteiger partial charge on any atom is -0.454 e. The molecule has 0 atom stereocenters. The van der Waals surface area contributed by atoms with Crippen LogP contribution in [0, 0.1) is 0 Å². The lowest BCUT2D eigenvalue weighted by molar-refractivity contribution is 0.174. The van der Waals surface area contributed by atoms with Gasteiger partial charge >= 0.3 is 0 Å². The maximum Gasteiger partial charge on any atom is 0.243 e. The monoisotopic (exact) mass is 389 g/mol. The number of nitrogens with zero attached hydrogens (tertiary/aromatic N) is 4. The van der Waals surface area contributed by atoms with Gasteiger partial charge in [-0.05, 0) is 55.3 Å². The van der Waals surface area contributed by atoms with Crippen LogP contribution in [0.15, 0.2) is 48.7 Å². The van der Waals surface area contributed by atoms with Crippen molar-refractivity contribution in [1.82, 2.24) is 20.1 Å². The molecule has 29 heavy (non-hydrogen) atoms. The number of hydrogen-bond donors (Lipinski definition) is 1. The number of rotatable bonds is 6. The molecule has 0 saturated carbocycles. The summed E-state index contributed by atoms with van der Waals surface area (Å²) < 4.78 is 10.8. The van der Waals surface area contributed by atoms with E-state index in [9.17, 15) is 0 Å². The lowest BCUT2D eigenvalue weighted by atomic mass is 10.1. The summed E-state index contributed by atoms with van der Waals surface area (Å²) in [5.41, 5.74) is 4.20. The Morgan fingerprint density at radius 3 is 2.59 bits per heavy atom. The molecule has 2 aliphatic rings. The molecule has 148 valence electrons. The molecule has 0 radical (unpaired) electrons. The predicted molar refractivity (Wildman–Crippen MR) is 110 cm³/mol.